The fourth-order valence-electron chi connectivity index (χ4n) is 2.43. The molecule has 0 amide bonds. The van der Waals surface area contributed by atoms with Crippen LogP contribution in [0, 0.1) is 5.82 Å². The molecule has 0 spiro atoms. The number of pyridine rings is 1. The van der Waals surface area contributed by atoms with Crippen LogP contribution >= 0.6 is 15.9 Å². The largest absolute Gasteiger partial charge is 0.388 e. The second-order valence-electron chi connectivity index (χ2n) is 4.85. The lowest BCUT2D eigenvalue weighted by Gasteiger charge is -2.14. The number of aliphatic hydroxyl groups excluding tert-OH is 1. The molecule has 0 aliphatic heterocycles. The molecule has 1 unspecified atom stereocenters. The number of aliphatic hydroxyl groups is 1. The van der Waals surface area contributed by atoms with Crippen molar-refractivity contribution in [3.8, 4) is 0 Å². The molecule has 3 rings (SSSR count). The van der Waals surface area contributed by atoms with Gasteiger partial charge in [-0.25, -0.2) is 4.39 Å². The molecule has 2 nitrogen and oxygen atoms in total. The first-order valence-electron chi connectivity index (χ1n) is 6.61. The van der Waals surface area contributed by atoms with Crippen molar-refractivity contribution in [3.63, 3.8) is 0 Å². The van der Waals surface area contributed by atoms with Crippen LogP contribution in [0.25, 0.3) is 10.9 Å². The predicted octanol–water partition coefficient (Wildman–Crippen LogP) is 4.41. The first-order chi connectivity index (χ1) is 10.2. The van der Waals surface area contributed by atoms with Crippen molar-refractivity contribution >= 4 is 26.8 Å². The molecule has 0 saturated heterocycles. The standard InChI is InChI=1S/C17H13BrFNO/c18-17-11(4-3-6-14(17)19)10-16(21)13-8-9-20-15-7-2-1-5-12(13)15/h1-9,16,21H,10H2. The Bertz CT molecular complexity index is 785. The summed E-state index contributed by atoms with van der Waals surface area (Å²) in [5.41, 5.74) is 2.38. The third-order valence-corrected chi connectivity index (χ3v) is 4.37. The Morgan fingerprint density at radius 1 is 1.10 bits per heavy atom. The lowest BCUT2D eigenvalue weighted by atomic mass is 9.98. The van der Waals surface area contributed by atoms with E-state index >= 15 is 0 Å². The minimum absolute atomic E-state index is 0.320. The van der Waals surface area contributed by atoms with Crippen molar-refractivity contribution in [2.24, 2.45) is 0 Å². The number of hydrogen-bond acceptors (Lipinski definition) is 2. The molecule has 0 fully saturated rings. The Hall–Kier alpha value is -1.78. The minimum Gasteiger partial charge on any atom is -0.388 e. The molecule has 0 bridgehead atoms. The number of rotatable bonds is 3. The average molecular weight is 346 g/mol. The summed E-state index contributed by atoms with van der Waals surface area (Å²) < 4.78 is 14.0. The number of nitrogens with zero attached hydrogens (tertiary/aromatic N) is 1. The van der Waals surface area contributed by atoms with E-state index in [2.05, 4.69) is 20.9 Å². The van der Waals surface area contributed by atoms with E-state index in [0.717, 1.165) is 22.0 Å². The molecule has 0 radical (unpaired) electrons. The number of hydrogen-bond donors (Lipinski definition) is 1. The van der Waals surface area contributed by atoms with Crippen LogP contribution < -0.4 is 0 Å². The molecule has 1 heterocycles. The summed E-state index contributed by atoms with van der Waals surface area (Å²) in [4.78, 5) is 4.28. The highest BCUT2D eigenvalue weighted by molar-refractivity contribution is 9.10. The highest BCUT2D eigenvalue weighted by Gasteiger charge is 2.15. The summed E-state index contributed by atoms with van der Waals surface area (Å²) in [6.45, 7) is 0. The summed E-state index contributed by atoms with van der Waals surface area (Å²) in [5.74, 6) is -0.320. The Morgan fingerprint density at radius 3 is 2.76 bits per heavy atom. The van der Waals surface area contributed by atoms with Gasteiger partial charge in [0.1, 0.15) is 5.82 Å². The van der Waals surface area contributed by atoms with Gasteiger partial charge in [0, 0.05) is 18.0 Å². The van der Waals surface area contributed by atoms with Gasteiger partial charge in [-0.2, -0.15) is 0 Å². The fourth-order valence-corrected chi connectivity index (χ4v) is 2.86. The van der Waals surface area contributed by atoms with Crippen LogP contribution in [0.2, 0.25) is 0 Å². The van der Waals surface area contributed by atoms with Crippen LogP contribution in [0.4, 0.5) is 4.39 Å². The van der Waals surface area contributed by atoms with Crippen LogP contribution in [-0.4, -0.2) is 10.1 Å². The summed E-state index contributed by atoms with van der Waals surface area (Å²) in [5, 5.41) is 11.4. The smallest absolute Gasteiger partial charge is 0.137 e. The van der Waals surface area contributed by atoms with Gasteiger partial charge < -0.3 is 5.11 Å². The molecule has 1 atom stereocenters. The molecule has 1 aromatic heterocycles. The molecule has 0 aliphatic carbocycles. The second kappa shape index (κ2) is 5.92. The zero-order valence-electron chi connectivity index (χ0n) is 11.1. The average Bonchev–Trinajstić information content (AvgIpc) is 2.51. The van der Waals surface area contributed by atoms with Crippen molar-refractivity contribution in [2.75, 3.05) is 0 Å². The third kappa shape index (κ3) is 2.82. The highest BCUT2D eigenvalue weighted by atomic mass is 79.9. The lowest BCUT2D eigenvalue weighted by Crippen LogP contribution is -2.04. The fraction of sp³-hybridized carbons (Fsp3) is 0.118. The van der Waals surface area contributed by atoms with Crippen molar-refractivity contribution in [1.29, 1.82) is 0 Å². The maximum Gasteiger partial charge on any atom is 0.137 e. The molecule has 4 heteroatoms. The number of aromatic nitrogens is 1. The van der Waals surface area contributed by atoms with Gasteiger partial charge in [-0.05, 0) is 45.3 Å². The lowest BCUT2D eigenvalue weighted by molar-refractivity contribution is 0.179. The van der Waals surface area contributed by atoms with Gasteiger partial charge in [0.25, 0.3) is 0 Å². The van der Waals surface area contributed by atoms with Gasteiger partial charge >= 0.3 is 0 Å². The van der Waals surface area contributed by atoms with Gasteiger partial charge in [0.2, 0.25) is 0 Å². The third-order valence-electron chi connectivity index (χ3n) is 3.49. The molecule has 106 valence electrons. The van der Waals surface area contributed by atoms with Crippen LogP contribution in [-0.2, 0) is 6.42 Å². The van der Waals surface area contributed by atoms with Crippen LogP contribution in [0.1, 0.15) is 17.2 Å². The van der Waals surface area contributed by atoms with Gasteiger partial charge in [-0.1, -0.05) is 30.3 Å². The maximum atomic E-state index is 13.5. The number of benzene rings is 2. The van der Waals surface area contributed by atoms with E-state index in [-0.39, 0.29) is 5.82 Å². The quantitative estimate of drug-likeness (QED) is 0.762. The Kier molecular flexibility index (Phi) is 3.99. The topological polar surface area (TPSA) is 33.1 Å². The van der Waals surface area contributed by atoms with Crippen LogP contribution in [0.3, 0.4) is 0 Å². The molecule has 2 aromatic carbocycles. The number of fused-ring (bicyclic) bond motifs is 1. The SMILES string of the molecule is OC(Cc1cccc(F)c1Br)c1ccnc2ccccc12. The van der Waals surface area contributed by atoms with E-state index < -0.39 is 6.10 Å². The van der Waals surface area contributed by atoms with Crippen molar-refractivity contribution in [1.82, 2.24) is 4.98 Å². The summed E-state index contributed by atoms with van der Waals surface area (Å²) in [6.07, 6.45) is 1.31. The summed E-state index contributed by atoms with van der Waals surface area (Å²) >= 11 is 3.23. The van der Waals surface area contributed by atoms with E-state index in [1.807, 2.05) is 24.3 Å². The first kappa shape index (κ1) is 14.2. The minimum atomic E-state index is -0.712. The molecule has 0 saturated carbocycles. The zero-order valence-corrected chi connectivity index (χ0v) is 12.7. The first-order valence-corrected chi connectivity index (χ1v) is 7.40. The van der Waals surface area contributed by atoms with E-state index in [9.17, 15) is 9.50 Å². The summed E-state index contributed by atoms with van der Waals surface area (Å²) in [6, 6.07) is 14.3. The van der Waals surface area contributed by atoms with E-state index in [1.54, 1.807) is 24.4 Å². The Balaban J connectivity index is 1.97. The van der Waals surface area contributed by atoms with Crippen molar-refractivity contribution < 1.29 is 9.50 Å². The molecule has 21 heavy (non-hydrogen) atoms. The van der Waals surface area contributed by atoms with E-state index in [0.29, 0.717) is 10.9 Å². The Labute approximate surface area is 130 Å². The number of para-hydroxylation sites is 1. The summed E-state index contributed by atoms with van der Waals surface area (Å²) in [7, 11) is 0. The normalized spacial score (nSPS) is 12.5. The Morgan fingerprint density at radius 2 is 1.90 bits per heavy atom. The van der Waals surface area contributed by atoms with Gasteiger partial charge in [0.05, 0.1) is 16.1 Å². The van der Waals surface area contributed by atoms with Crippen molar-refractivity contribution in [2.45, 2.75) is 12.5 Å². The molecule has 1 N–H and O–H groups in total. The molecular formula is C17H13BrFNO. The second-order valence-corrected chi connectivity index (χ2v) is 5.64. The maximum absolute atomic E-state index is 13.5. The van der Waals surface area contributed by atoms with Crippen LogP contribution in [0.5, 0.6) is 0 Å². The number of halogens is 2. The van der Waals surface area contributed by atoms with Gasteiger partial charge in [0.15, 0.2) is 0 Å². The van der Waals surface area contributed by atoms with Crippen LogP contribution in [0.15, 0.2) is 59.2 Å². The predicted molar refractivity (Wildman–Crippen MR) is 84.5 cm³/mol. The highest BCUT2D eigenvalue weighted by Crippen LogP contribution is 2.29. The zero-order chi connectivity index (χ0) is 14.8. The monoisotopic (exact) mass is 345 g/mol. The van der Waals surface area contributed by atoms with Crippen molar-refractivity contribution in [3.05, 3.63) is 76.1 Å². The van der Waals surface area contributed by atoms with Gasteiger partial charge in [-0.3, -0.25) is 4.98 Å². The molecule has 0 aliphatic rings. The van der Waals surface area contributed by atoms with E-state index in [4.69, 9.17) is 0 Å². The molecular weight excluding hydrogens is 333 g/mol. The molecule has 3 aromatic rings. The van der Waals surface area contributed by atoms with E-state index in [1.165, 1.54) is 6.07 Å². The van der Waals surface area contributed by atoms with Gasteiger partial charge in [-0.15, -0.1) is 0 Å².